The fourth-order valence-electron chi connectivity index (χ4n) is 2.34. The number of amides is 1. The van der Waals surface area contributed by atoms with E-state index in [9.17, 15) is 9.59 Å². The van der Waals surface area contributed by atoms with Gasteiger partial charge in [0, 0.05) is 12.6 Å². The molecule has 0 radical (unpaired) electrons. The molecule has 0 unspecified atom stereocenters. The summed E-state index contributed by atoms with van der Waals surface area (Å²) in [6.07, 6.45) is 0.540. The second-order valence-corrected chi connectivity index (χ2v) is 4.61. The molecular formula is C14H17NO3. The highest BCUT2D eigenvalue weighted by atomic mass is 16.5. The second-order valence-electron chi connectivity index (χ2n) is 4.61. The van der Waals surface area contributed by atoms with Gasteiger partial charge in [-0.15, -0.1) is 0 Å². The Hall–Kier alpha value is -1.84. The third-order valence-corrected chi connectivity index (χ3v) is 3.37. The van der Waals surface area contributed by atoms with Gasteiger partial charge in [-0.2, -0.15) is 0 Å². The van der Waals surface area contributed by atoms with Crippen LogP contribution in [0.4, 0.5) is 0 Å². The molecule has 0 N–H and O–H groups in total. The molecule has 0 spiro atoms. The summed E-state index contributed by atoms with van der Waals surface area (Å²) in [5, 5.41) is 0. The summed E-state index contributed by atoms with van der Waals surface area (Å²) < 4.78 is 4.66. The van der Waals surface area contributed by atoms with Crippen molar-refractivity contribution in [1.29, 1.82) is 0 Å². The number of carbonyl (C=O) groups excluding carboxylic acids is 2. The van der Waals surface area contributed by atoms with Crippen LogP contribution in [-0.4, -0.2) is 29.9 Å². The zero-order chi connectivity index (χ0) is 13.1. The summed E-state index contributed by atoms with van der Waals surface area (Å²) in [6, 6.07) is 9.85. The van der Waals surface area contributed by atoms with Gasteiger partial charge >= 0.3 is 5.97 Å². The Morgan fingerprint density at radius 1 is 1.39 bits per heavy atom. The Labute approximate surface area is 107 Å². The zero-order valence-electron chi connectivity index (χ0n) is 10.6. The Morgan fingerprint density at radius 2 is 2.06 bits per heavy atom. The van der Waals surface area contributed by atoms with Gasteiger partial charge in [-0.05, 0) is 18.9 Å². The molecule has 4 heteroatoms. The summed E-state index contributed by atoms with van der Waals surface area (Å²) in [7, 11) is 1.32. The van der Waals surface area contributed by atoms with Crippen molar-refractivity contribution in [2.24, 2.45) is 5.92 Å². The van der Waals surface area contributed by atoms with Crippen LogP contribution < -0.4 is 0 Å². The molecule has 0 aromatic heterocycles. The Balaban J connectivity index is 2.10. The fraction of sp³-hybridized carbons (Fsp3) is 0.429. The number of ether oxygens (including phenoxy) is 1. The van der Waals surface area contributed by atoms with Gasteiger partial charge in [0.15, 0.2) is 0 Å². The second kappa shape index (κ2) is 5.21. The van der Waals surface area contributed by atoms with Crippen LogP contribution in [0.5, 0.6) is 0 Å². The number of nitrogens with zero attached hydrogens (tertiary/aromatic N) is 1. The summed E-state index contributed by atoms with van der Waals surface area (Å²) in [5.41, 5.74) is 1.07. The van der Waals surface area contributed by atoms with Crippen LogP contribution in [-0.2, 0) is 20.9 Å². The quantitative estimate of drug-likeness (QED) is 0.602. The Kier molecular flexibility index (Phi) is 3.65. The minimum atomic E-state index is -0.631. The van der Waals surface area contributed by atoms with Gasteiger partial charge in [-0.1, -0.05) is 30.3 Å². The first-order chi connectivity index (χ1) is 8.63. The van der Waals surface area contributed by atoms with Gasteiger partial charge in [0.1, 0.15) is 5.92 Å². The molecule has 4 nitrogen and oxygen atoms in total. The molecule has 1 fully saturated rings. The first-order valence-corrected chi connectivity index (χ1v) is 6.05. The van der Waals surface area contributed by atoms with Gasteiger partial charge in [-0.25, -0.2) is 0 Å². The van der Waals surface area contributed by atoms with Crippen molar-refractivity contribution in [3.8, 4) is 0 Å². The Bertz CT molecular complexity index is 444. The van der Waals surface area contributed by atoms with E-state index >= 15 is 0 Å². The Morgan fingerprint density at radius 3 is 2.67 bits per heavy atom. The molecule has 0 aliphatic carbocycles. The van der Waals surface area contributed by atoms with Crippen molar-refractivity contribution >= 4 is 11.9 Å². The minimum Gasteiger partial charge on any atom is -0.468 e. The molecule has 0 bridgehead atoms. The molecule has 18 heavy (non-hydrogen) atoms. The van der Waals surface area contributed by atoms with Gasteiger partial charge in [-0.3, -0.25) is 9.59 Å². The maximum absolute atomic E-state index is 12.1. The lowest BCUT2D eigenvalue weighted by molar-refractivity contribution is -0.150. The van der Waals surface area contributed by atoms with Gasteiger partial charge < -0.3 is 9.64 Å². The van der Waals surface area contributed by atoms with E-state index in [1.54, 1.807) is 4.90 Å². The SMILES string of the molecule is COC(=O)[C@@H]1C[C@@H](C)N(Cc2ccccc2)C1=O. The summed E-state index contributed by atoms with van der Waals surface area (Å²) in [5.74, 6) is -1.19. The summed E-state index contributed by atoms with van der Waals surface area (Å²) in [6.45, 7) is 2.51. The molecule has 1 aromatic carbocycles. The minimum absolute atomic E-state index is 0.0711. The fourth-order valence-corrected chi connectivity index (χ4v) is 2.34. The summed E-state index contributed by atoms with van der Waals surface area (Å²) in [4.78, 5) is 25.4. The largest absolute Gasteiger partial charge is 0.468 e. The first-order valence-electron chi connectivity index (χ1n) is 6.05. The maximum atomic E-state index is 12.1. The van der Waals surface area contributed by atoms with Gasteiger partial charge in [0.25, 0.3) is 0 Å². The predicted molar refractivity (Wildman–Crippen MR) is 66.6 cm³/mol. The standard InChI is InChI=1S/C14H17NO3/c1-10-8-12(14(17)18-2)13(16)15(10)9-11-6-4-3-5-7-11/h3-7,10,12H,8-9H2,1-2H3/t10-,12-/m1/s1. The van der Waals surface area contributed by atoms with E-state index in [2.05, 4.69) is 4.74 Å². The van der Waals surface area contributed by atoms with Crippen LogP contribution in [0.1, 0.15) is 18.9 Å². The topological polar surface area (TPSA) is 46.6 Å². The molecule has 96 valence electrons. The van der Waals surface area contributed by atoms with Crippen LogP contribution in [0.3, 0.4) is 0 Å². The van der Waals surface area contributed by atoms with Crippen LogP contribution in [0.25, 0.3) is 0 Å². The van der Waals surface area contributed by atoms with E-state index < -0.39 is 11.9 Å². The highest BCUT2D eigenvalue weighted by Crippen LogP contribution is 2.27. The van der Waals surface area contributed by atoms with E-state index in [0.29, 0.717) is 13.0 Å². The van der Waals surface area contributed by atoms with Crippen LogP contribution >= 0.6 is 0 Å². The average Bonchev–Trinajstić information content (AvgIpc) is 2.67. The molecule has 1 aromatic rings. The molecule has 1 aliphatic rings. The predicted octanol–water partition coefficient (Wildman–Crippen LogP) is 1.60. The van der Waals surface area contributed by atoms with E-state index in [1.165, 1.54) is 7.11 Å². The number of benzene rings is 1. The lowest BCUT2D eigenvalue weighted by atomic mass is 10.1. The number of methoxy groups -OCH3 is 1. The molecule has 1 amide bonds. The smallest absolute Gasteiger partial charge is 0.318 e. The molecule has 2 rings (SSSR count). The van der Waals surface area contributed by atoms with Gasteiger partial charge in [0.05, 0.1) is 7.11 Å². The van der Waals surface area contributed by atoms with Crippen molar-refractivity contribution < 1.29 is 14.3 Å². The highest BCUT2D eigenvalue weighted by molar-refractivity contribution is 5.99. The number of esters is 1. The third kappa shape index (κ3) is 2.37. The molecule has 0 saturated carbocycles. The monoisotopic (exact) mass is 247 g/mol. The first kappa shape index (κ1) is 12.6. The highest BCUT2D eigenvalue weighted by Gasteiger charge is 2.41. The average molecular weight is 247 g/mol. The molecular weight excluding hydrogens is 230 g/mol. The van der Waals surface area contributed by atoms with E-state index in [0.717, 1.165) is 5.56 Å². The normalized spacial score (nSPS) is 23.2. The zero-order valence-corrected chi connectivity index (χ0v) is 10.6. The number of likely N-dealkylation sites (tertiary alicyclic amines) is 1. The van der Waals surface area contributed by atoms with Crippen LogP contribution in [0, 0.1) is 5.92 Å². The van der Waals surface area contributed by atoms with E-state index in [4.69, 9.17) is 0 Å². The third-order valence-electron chi connectivity index (χ3n) is 3.37. The number of carbonyl (C=O) groups is 2. The van der Waals surface area contributed by atoms with Crippen LogP contribution in [0.15, 0.2) is 30.3 Å². The number of rotatable bonds is 3. The summed E-state index contributed by atoms with van der Waals surface area (Å²) >= 11 is 0. The van der Waals surface area contributed by atoms with Crippen molar-refractivity contribution in [3.63, 3.8) is 0 Å². The lowest BCUT2D eigenvalue weighted by Crippen LogP contribution is -2.33. The number of hydrogen-bond acceptors (Lipinski definition) is 3. The van der Waals surface area contributed by atoms with Gasteiger partial charge in [0.2, 0.25) is 5.91 Å². The number of hydrogen-bond donors (Lipinski definition) is 0. The van der Waals surface area contributed by atoms with E-state index in [1.807, 2.05) is 37.3 Å². The van der Waals surface area contributed by atoms with Crippen molar-refractivity contribution in [1.82, 2.24) is 4.90 Å². The molecule has 2 atom stereocenters. The van der Waals surface area contributed by atoms with Crippen LogP contribution in [0.2, 0.25) is 0 Å². The van der Waals surface area contributed by atoms with Crippen molar-refractivity contribution in [2.45, 2.75) is 25.9 Å². The molecule has 1 heterocycles. The van der Waals surface area contributed by atoms with E-state index in [-0.39, 0.29) is 11.9 Å². The molecule has 1 aliphatic heterocycles. The molecule has 1 saturated heterocycles. The lowest BCUT2D eigenvalue weighted by Gasteiger charge is -2.21. The van der Waals surface area contributed by atoms with Crippen molar-refractivity contribution in [3.05, 3.63) is 35.9 Å². The van der Waals surface area contributed by atoms with Crippen molar-refractivity contribution in [2.75, 3.05) is 7.11 Å². The maximum Gasteiger partial charge on any atom is 0.318 e.